The highest BCUT2D eigenvalue weighted by atomic mass is 16.5. The van der Waals surface area contributed by atoms with Crippen LogP contribution in [0.1, 0.15) is 27.2 Å². The van der Waals surface area contributed by atoms with E-state index in [2.05, 4.69) is 18.4 Å². The first-order valence-electron chi connectivity index (χ1n) is 5.54. The molecule has 100 valence electrons. The van der Waals surface area contributed by atoms with Crippen LogP contribution in [0.15, 0.2) is 12.7 Å². The predicted molar refractivity (Wildman–Crippen MR) is 68.5 cm³/mol. The summed E-state index contributed by atoms with van der Waals surface area (Å²) in [7, 11) is 2.47. The zero-order valence-electron chi connectivity index (χ0n) is 11.6. The molecule has 0 fully saturated rings. The quantitative estimate of drug-likeness (QED) is 0.325. The van der Waals surface area contributed by atoms with E-state index >= 15 is 0 Å². The molecule has 0 heterocycles. The van der Waals surface area contributed by atoms with Crippen molar-refractivity contribution in [1.82, 2.24) is 0 Å². The summed E-state index contributed by atoms with van der Waals surface area (Å²) >= 11 is 0. The molecule has 0 bridgehead atoms. The average Bonchev–Trinajstić information content (AvgIpc) is 2.38. The third kappa shape index (κ3) is 2.56. The number of methoxy groups -OCH3 is 2. The Morgan fingerprint density at radius 3 is 1.94 bits per heavy atom. The van der Waals surface area contributed by atoms with Gasteiger partial charge in [-0.1, -0.05) is 19.9 Å². The summed E-state index contributed by atoms with van der Waals surface area (Å²) in [6.45, 7) is 8.77. The maximum Gasteiger partial charge on any atom is 0.325 e. The van der Waals surface area contributed by atoms with E-state index in [4.69, 9.17) is 9.47 Å². The summed E-state index contributed by atoms with van der Waals surface area (Å²) in [4.78, 5) is 24.2. The summed E-state index contributed by atoms with van der Waals surface area (Å²) in [6, 6.07) is 0. The minimum Gasteiger partial charge on any atom is -0.468 e. The van der Waals surface area contributed by atoms with Gasteiger partial charge in [-0.25, -0.2) is 0 Å². The molecule has 0 aromatic rings. The standard InChI is InChI=1S/C14H20O4/c1-7-9-10-14(11(15)17-5,12(16)18-6)13(3,4)8-2/h8H,2,10H2,1,3-6H3. The fraction of sp³-hybridized carbons (Fsp3) is 0.571. The molecule has 0 amide bonds. The van der Waals surface area contributed by atoms with Gasteiger partial charge in [0.1, 0.15) is 0 Å². The van der Waals surface area contributed by atoms with Crippen LogP contribution in [0.5, 0.6) is 0 Å². The molecule has 4 heteroatoms. The fourth-order valence-corrected chi connectivity index (χ4v) is 1.73. The second kappa shape index (κ2) is 6.25. The van der Waals surface area contributed by atoms with E-state index in [-0.39, 0.29) is 6.42 Å². The molecule has 0 saturated carbocycles. The largest absolute Gasteiger partial charge is 0.468 e. The molecule has 0 N–H and O–H groups in total. The minimum absolute atomic E-state index is 0.0296. The Morgan fingerprint density at radius 2 is 1.67 bits per heavy atom. The Labute approximate surface area is 108 Å². The van der Waals surface area contributed by atoms with E-state index in [0.29, 0.717) is 0 Å². The maximum absolute atomic E-state index is 12.1. The van der Waals surface area contributed by atoms with Crippen LogP contribution in [-0.2, 0) is 19.1 Å². The molecule has 0 rings (SSSR count). The molecular formula is C14H20O4. The molecule has 0 unspecified atom stereocenters. The van der Waals surface area contributed by atoms with Crippen LogP contribution in [0.4, 0.5) is 0 Å². The SMILES string of the molecule is C=CC(C)(C)C(CC#CC)(C(=O)OC)C(=O)OC. The van der Waals surface area contributed by atoms with E-state index in [0.717, 1.165) is 0 Å². The van der Waals surface area contributed by atoms with Gasteiger partial charge in [0, 0.05) is 11.8 Å². The van der Waals surface area contributed by atoms with E-state index in [1.165, 1.54) is 20.3 Å². The first-order chi connectivity index (χ1) is 8.33. The molecule has 18 heavy (non-hydrogen) atoms. The van der Waals surface area contributed by atoms with Gasteiger partial charge < -0.3 is 9.47 Å². The summed E-state index contributed by atoms with van der Waals surface area (Å²) in [5, 5.41) is 0. The van der Waals surface area contributed by atoms with Crippen molar-refractivity contribution >= 4 is 11.9 Å². The Kier molecular flexibility index (Phi) is 5.64. The van der Waals surface area contributed by atoms with E-state index < -0.39 is 22.8 Å². The van der Waals surface area contributed by atoms with Crippen molar-refractivity contribution in [1.29, 1.82) is 0 Å². The van der Waals surface area contributed by atoms with Gasteiger partial charge in [-0.15, -0.1) is 18.4 Å². The highest BCUT2D eigenvalue weighted by Gasteiger charge is 2.57. The number of carbonyl (C=O) groups is 2. The lowest BCUT2D eigenvalue weighted by atomic mass is 9.63. The van der Waals surface area contributed by atoms with Gasteiger partial charge in [0.25, 0.3) is 0 Å². The predicted octanol–water partition coefficient (Wildman–Crippen LogP) is 1.94. The highest BCUT2D eigenvalue weighted by Crippen LogP contribution is 2.45. The summed E-state index contributed by atoms with van der Waals surface area (Å²) in [5.41, 5.74) is -2.34. The van der Waals surface area contributed by atoms with Crippen molar-refractivity contribution in [3.8, 4) is 11.8 Å². The zero-order valence-corrected chi connectivity index (χ0v) is 11.6. The van der Waals surface area contributed by atoms with E-state index in [9.17, 15) is 9.59 Å². The minimum atomic E-state index is -1.50. The fourth-order valence-electron chi connectivity index (χ4n) is 1.73. The molecular weight excluding hydrogens is 232 g/mol. The van der Waals surface area contributed by atoms with E-state index in [1.807, 2.05) is 0 Å². The molecule has 0 aliphatic heterocycles. The number of esters is 2. The van der Waals surface area contributed by atoms with Crippen molar-refractivity contribution in [2.24, 2.45) is 10.8 Å². The third-order valence-corrected chi connectivity index (χ3v) is 3.21. The summed E-state index contributed by atoms with van der Waals surface area (Å²) < 4.78 is 9.54. The maximum atomic E-state index is 12.1. The topological polar surface area (TPSA) is 52.6 Å². The van der Waals surface area contributed by atoms with Crippen LogP contribution in [-0.4, -0.2) is 26.2 Å². The molecule has 0 aromatic carbocycles. The van der Waals surface area contributed by atoms with Gasteiger partial charge in [-0.3, -0.25) is 9.59 Å². The van der Waals surface area contributed by atoms with Crippen LogP contribution >= 0.6 is 0 Å². The van der Waals surface area contributed by atoms with Crippen LogP contribution in [0.25, 0.3) is 0 Å². The number of allylic oxidation sites excluding steroid dienone is 1. The lowest BCUT2D eigenvalue weighted by Gasteiger charge is -2.38. The molecule has 0 aromatic heterocycles. The summed E-state index contributed by atoms with van der Waals surface area (Å²) in [6.07, 6.45) is 1.57. The normalized spacial score (nSPS) is 10.9. The number of hydrogen-bond donors (Lipinski definition) is 0. The van der Waals surface area contributed by atoms with Gasteiger partial charge in [0.2, 0.25) is 0 Å². The van der Waals surface area contributed by atoms with Gasteiger partial charge >= 0.3 is 11.9 Å². The number of ether oxygens (including phenoxy) is 2. The van der Waals surface area contributed by atoms with Crippen molar-refractivity contribution in [3.63, 3.8) is 0 Å². The monoisotopic (exact) mass is 252 g/mol. The van der Waals surface area contributed by atoms with Gasteiger partial charge in [0.15, 0.2) is 5.41 Å². The second-order valence-electron chi connectivity index (χ2n) is 4.42. The van der Waals surface area contributed by atoms with Crippen LogP contribution in [0, 0.1) is 22.7 Å². The molecule has 0 spiro atoms. The lowest BCUT2D eigenvalue weighted by Crippen LogP contribution is -2.51. The number of rotatable bonds is 5. The Morgan fingerprint density at radius 1 is 1.22 bits per heavy atom. The molecule has 4 nitrogen and oxygen atoms in total. The Hall–Kier alpha value is -1.76. The Bertz CT molecular complexity index is 380. The van der Waals surface area contributed by atoms with E-state index in [1.54, 1.807) is 20.8 Å². The highest BCUT2D eigenvalue weighted by molar-refractivity contribution is 6.01. The molecule has 0 aliphatic rings. The molecule has 0 aliphatic carbocycles. The van der Waals surface area contributed by atoms with Gasteiger partial charge in [-0.2, -0.15) is 0 Å². The van der Waals surface area contributed by atoms with Crippen LogP contribution < -0.4 is 0 Å². The van der Waals surface area contributed by atoms with Crippen LogP contribution in [0.3, 0.4) is 0 Å². The molecule has 0 atom stereocenters. The first kappa shape index (κ1) is 16.2. The number of hydrogen-bond acceptors (Lipinski definition) is 4. The number of carbonyl (C=O) groups excluding carboxylic acids is 2. The average molecular weight is 252 g/mol. The van der Waals surface area contributed by atoms with Crippen molar-refractivity contribution in [2.75, 3.05) is 14.2 Å². The summed E-state index contributed by atoms with van der Waals surface area (Å²) in [5.74, 6) is 4.11. The van der Waals surface area contributed by atoms with Crippen LogP contribution in [0.2, 0.25) is 0 Å². The van der Waals surface area contributed by atoms with Crippen molar-refractivity contribution in [2.45, 2.75) is 27.2 Å². The molecule has 0 saturated heterocycles. The van der Waals surface area contributed by atoms with Gasteiger partial charge in [-0.05, 0) is 6.92 Å². The zero-order chi connectivity index (χ0) is 14.4. The smallest absolute Gasteiger partial charge is 0.325 e. The van der Waals surface area contributed by atoms with Gasteiger partial charge in [0.05, 0.1) is 14.2 Å². The third-order valence-electron chi connectivity index (χ3n) is 3.21. The second-order valence-corrected chi connectivity index (χ2v) is 4.42. The Balaban J connectivity index is 5.98. The van der Waals surface area contributed by atoms with Crippen molar-refractivity contribution < 1.29 is 19.1 Å². The molecule has 0 radical (unpaired) electrons. The first-order valence-corrected chi connectivity index (χ1v) is 5.54. The lowest BCUT2D eigenvalue weighted by molar-refractivity contribution is -0.176. The van der Waals surface area contributed by atoms with Crippen molar-refractivity contribution in [3.05, 3.63) is 12.7 Å².